The molecule has 0 fully saturated rings. The molecule has 0 aliphatic heterocycles. The number of carbonyl (C=O) groups excluding carboxylic acids is 1. The number of aromatic nitrogens is 2. The quantitative estimate of drug-likeness (QED) is 0.741. The van der Waals surface area contributed by atoms with Crippen molar-refractivity contribution in [3.8, 4) is 0 Å². The van der Waals surface area contributed by atoms with Crippen LogP contribution in [-0.4, -0.2) is 15.6 Å². The summed E-state index contributed by atoms with van der Waals surface area (Å²) in [5, 5.41) is 3.76. The standard InChI is InChI=1S/C16H14N2O2/c1-11(19)13-6-4-5-12(9-13)10-18-16(20)14-7-2-3-8-15(14)17-18/h2-9,17H,10H2,1H3. The Hall–Kier alpha value is -2.62. The highest BCUT2D eigenvalue weighted by molar-refractivity contribution is 5.94. The predicted octanol–water partition coefficient (Wildman–Crippen LogP) is 2.58. The summed E-state index contributed by atoms with van der Waals surface area (Å²) in [4.78, 5) is 23.6. The molecule has 0 bridgehead atoms. The lowest BCUT2D eigenvalue weighted by Crippen LogP contribution is -2.17. The normalized spacial score (nSPS) is 10.8. The van der Waals surface area contributed by atoms with E-state index in [4.69, 9.17) is 0 Å². The van der Waals surface area contributed by atoms with E-state index in [1.807, 2.05) is 36.4 Å². The Bertz CT molecular complexity index is 843. The minimum Gasteiger partial charge on any atom is -0.295 e. The first kappa shape index (κ1) is 12.4. The molecule has 0 atom stereocenters. The van der Waals surface area contributed by atoms with Crippen molar-refractivity contribution in [3.63, 3.8) is 0 Å². The average molecular weight is 266 g/mol. The van der Waals surface area contributed by atoms with Crippen molar-refractivity contribution >= 4 is 16.7 Å². The fourth-order valence-corrected chi connectivity index (χ4v) is 2.29. The van der Waals surface area contributed by atoms with Crippen LogP contribution in [0.5, 0.6) is 0 Å². The molecule has 0 aliphatic carbocycles. The van der Waals surface area contributed by atoms with Crippen molar-refractivity contribution in [1.29, 1.82) is 0 Å². The van der Waals surface area contributed by atoms with Crippen LogP contribution in [0.15, 0.2) is 53.3 Å². The summed E-state index contributed by atoms with van der Waals surface area (Å²) in [6, 6.07) is 14.7. The van der Waals surface area contributed by atoms with E-state index in [0.717, 1.165) is 11.1 Å². The molecule has 2 aromatic carbocycles. The zero-order chi connectivity index (χ0) is 14.1. The Kier molecular flexibility index (Phi) is 2.99. The van der Waals surface area contributed by atoms with Gasteiger partial charge >= 0.3 is 0 Å². The Morgan fingerprint density at radius 1 is 1.15 bits per heavy atom. The van der Waals surface area contributed by atoms with Crippen LogP contribution in [0.4, 0.5) is 0 Å². The lowest BCUT2D eigenvalue weighted by molar-refractivity contribution is 0.101. The van der Waals surface area contributed by atoms with Crippen LogP contribution in [0.25, 0.3) is 10.9 Å². The monoisotopic (exact) mass is 266 g/mol. The third-order valence-corrected chi connectivity index (χ3v) is 3.33. The maximum Gasteiger partial charge on any atom is 0.274 e. The van der Waals surface area contributed by atoms with Gasteiger partial charge in [-0.1, -0.05) is 30.3 Å². The van der Waals surface area contributed by atoms with Gasteiger partial charge in [0, 0.05) is 5.56 Å². The Morgan fingerprint density at radius 2 is 1.95 bits per heavy atom. The molecule has 0 saturated heterocycles. The summed E-state index contributed by atoms with van der Waals surface area (Å²) in [6.45, 7) is 1.96. The SMILES string of the molecule is CC(=O)c1cccc(Cn2[nH]c3ccccc3c2=O)c1. The lowest BCUT2D eigenvalue weighted by Gasteiger charge is -2.03. The zero-order valence-electron chi connectivity index (χ0n) is 11.1. The van der Waals surface area contributed by atoms with Gasteiger partial charge in [0.05, 0.1) is 17.4 Å². The van der Waals surface area contributed by atoms with E-state index in [1.54, 1.807) is 16.8 Å². The number of benzene rings is 2. The van der Waals surface area contributed by atoms with E-state index in [9.17, 15) is 9.59 Å². The first-order chi connectivity index (χ1) is 9.65. The molecular formula is C16H14N2O2. The molecule has 0 amide bonds. The molecule has 0 aliphatic rings. The Labute approximate surface area is 115 Å². The molecule has 0 radical (unpaired) electrons. The second-order valence-corrected chi connectivity index (χ2v) is 4.81. The van der Waals surface area contributed by atoms with Gasteiger partial charge in [0.2, 0.25) is 0 Å². The van der Waals surface area contributed by atoms with Gasteiger partial charge in [-0.3, -0.25) is 14.7 Å². The second-order valence-electron chi connectivity index (χ2n) is 4.81. The second kappa shape index (κ2) is 4.81. The fourth-order valence-electron chi connectivity index (χ4n) is 2.29. The molecule has 0 spiro atoms. The van der Waals surface area contributed by atoms with E-state index in [1.165, 1.54) is 6.92 Å². The highest BCUT2D eigenvalue weighted by Gasteiger charge is 2.07. The number of fused-ring (bicyclic) bond motifs is 1. The van der Waals surface area contributed by atoms with Gasteiger partial charge in [0.15, 0.2) is 5.78 Å². The first-order valence-electron chi connectivity index (χ1n) is 6.42. The van der Waals surface area contributed by atoms with Gasteiger partial charge in [-0.2, -0.15) is 0 Å². The largest absolute Gasteiger partial charge is 0.295 e. The number of nitrogens with one attached hydrogen (secondary N) is 1. The zero-order valence-corrected chi connectivity index (χ0v) is 11.1. The number of hydrogen-bond donors (Lipinski definition) is 1. The number of carbonyl (C=O) groups is 1. The number of ketones is 1. The summed E-state index contributed by atoms with van der Waals surface area (Å²) in [6.07, 6.45) is 0. The molecule has 1 aromatic heterocycles. The predicted molar refractivity (Wildman–Crippen MR) is 78.1 cm³/mol. The van der Waals surface area contributed by atoms with Crippen LogP contribution in [-0.2, 0) is 6.54 Å². The van der Waals surface area contributed by atoms with E-state index >= 15 is 0 Å². The van der Waals surface area contributed by atoms with Gasteiger partial charge in [0.25, 0.3) is 5.56 Å². The molecule has 0 saturated carbocycles. The van der Waals surface area contributed by atoms with Gasteiger partial charge in [-0.25, -0.2) is 4.68 Å². The third kappa shape index (κ3) is 2.16. The maximum absolute atomic E-state index is 12.2. The van der Waals surface area contributed by atoms with E-state index in [2.05, 4.69) is 5.10 Å². The summed E-state index contributed by atoms with van der Waals surface area (Å²) in [5.41, 5.74) is 2.35. The molecule has 1 N–H and O–H groups in total. The number of H-pyrrole nitrogens is 1. The van der Waals surface area contributed by atoms with Crippen LogP contribution in [0, 0.1) is 0 Å². The summed E-state index contributed by atoms with van der Waals surface area (Å²) in [5.74, 6) is 0.0239. The van der Waals surface area contributed by atoms with Crippen LogP contribution in [0.2, 0.25) is 0 Å². The molecule has 3 rings (SSSR count). The van der Waals surface area contributed by atoms with Crippen molar-refractivity contribution < 1.29 is 4.79 Å². The first-order valence-corrected chi connectivity index (χ1v) is 6.42. The van der Waals surface area contributed by atoms with Crippen molar-refractivity contribution in [2.75, 3.05) is 0 Å². The highest BCUT2D eigenvalue weighted by atomic mass is 16.1. The minimum absolute atomic E-state index is 0.0239. The third-order valence-electron chi connectivity index (χ3n) is 3.33. The fraction of sp³-hybridized carbons (Fsp3) is 0.125. The van der Waals surface area contributed by atoms with Crippen LogP contribution < -0.4 is 5.56 Å². The average Bonchev–Trinajstić information content (AvgIpc) is 2.76. The number of aromatic amines is 1. The van der Waals surface area contributed by atoms with E-state index in [-0.39, 0.29) is 11.3 Å². The van der Waals surface area contributed by atoms with Crippen molar-refractivity contribution in [2.24, 2.45) is 0 Å². The number of rotatable bonds is 3. The van der Waals surface area contributed by atoms with Crippen LogP contribution >= 0.6 is 0 Å². The minimum atomic E-state index is -0.0474. The van der Waals surface area contributed by atoms with Gasteiger partial charge < -0.3 is 0 Å². The van der Waals surface area contributed by atoms with Gasteiger partial charge in [-0.15, -0.1) is 0 Å². The summed E-state index contributed by atoms with van der Waals surface area (Å²) in [7, 11) is 0. The van der Waals surface area contributed by atoms with Crippen molar-refractivity contribution in [3.05, 3.63) is 70.0 Å². The molecule has 4 nitrogen and oxygen atoms in total. The topological polar surface area (TPSA) is 54.9 Å². The van der Waals surface area contributed by atoms with Crippen LogP contribution in [0.3, 0.4) is 0 Å². The van der Waals surface area contributed by atoms with Gasteiger partial charge in [-0.05, 0) is 30.7 Å². The maximum atomic E-state index is 12.2. The Balaban J connectivity index is 2.01. The molecule has 4 heteroatoms. The highest BCUT2D eigenvalue weighted by Crippen LogP contribution is 2.10. The van der Waals surface area contributed by atoms with E-state index in [0.29, 0.717) is 17.5 Å². The molecule has 1 heterocycles. The number of para-hydroxylation sites is 1. The van der Waals surface area contributed by atoms with Crippen molar-refractivity contribution in [2.45, 2.75) is 13.5 Å². The van der Waals surface area contributed by atoms with Gasteiger partial charge in [0.1, 0.15) is 0 Å². The number of nitrogens with zero attached hydrogens (tertiary/aromatic N) is 1. The van der Waals surface area contributed by atoms with Crippen LogP contribution in [0.1, 0.15) is 22.8 Å². The van der Waals surface area contributed by atoms with Crippen molar-refractivity contribution in [1.82, 2.24) is 9.78 Å². The molecule has 0 unspecified atom stereocenters. The molecule has 100 valence electrons. The molecule has 20 heavy (non-hydrogen) atoms. The Morgan fingerprint density at radius 3 is 2.70 bits per heavy atom. The summed E-state index contributed by atoms with van der Waals surface area (Å²) < 4.78 is 1.56. The number of hydrogen-bond acceptors (Lipinski definition) is 2. The summed E-state index contributed by atoms with van der Waals surface area (Å²) >= 11 is 0. The number of Topliss-reactive ketones (excluding diaryl/α,β-unsaturated/α-hetero) is 1. The molecular weight excluding hydrogens is 252 g/mol. The molecule has 3 aromatic rings. The smallest absolute Gasteiger partial charge is 0.274 e. The lowest BCUT2D eigenvalue weighted by atomic mass is 10.1. The van der Waals surface area contributed by atoms with E-state index < -0.39 is 0 Å².